The molecule has 2 heterocycles. The summed E-state index contributed by atoms with van der Waals surface area (Å²) < 4.78 is 33.6. The molecular formula is C38H36N6O5S2. The Labute approximate surface area is 299 Å². The van der Waals surface area contributed by atoms with Gasteiger partial charge in [-0.25, -0.2) is 12.7 Å². The number of nitrogens with one attached hydrogen (secondary N) is 1. The van der Waals surface area contributed by atoms with Crippen LogP contribution in [0.25, 0.3) is 22.2 Å². The second kappa shape index (κ2) is 14.7. The number of aryl methyl sites for hydroxylation is 2. The van der Waals surface area contributed by atoms with E-state index in [1.54, 1.807) is 36.5 Å². The fourth-order valence-electron chi connectivity index (χ4n) is 6.26. The average Bonchev–Trinajstić information content (AvgIpc) is 3.81. The zero-order chi connectivity index (χ0) is 36.3. The topological polar surface area (TPSA) is 159 Å². The molecule has 51 heavy (non-hydrogen) atoms. The predicted molar refractivity (Wildman–Crippen MR) is 196 cm³/mol. The number of hydrogen-bond acceptors (Lipinski definition) is 8. The molecule has 11 nitrogen and oxygen atoms in total. The lowest BCUT2D eigenvalue weighted by Gasteiger charge is -2.35. The second-order valence-electron chi connectivity index (χ2n) is 12.4. The first kappa shape index (κ1) is 35.2. The summed E-state index contributed by atoms with van der Waals surface area (Å²) in [5.41, 5.74) is 11.5. The van der Waals surface area contributed by atoms with Gasteiger partial charge in [0.25, 0.3) is 21.8 Å². The molecule has 0 saturated carbocycles. The first-order valence-electron chi connectivity index (χ1n) is 16.1. The number of carbonyl (C=O) groups is 3. The van der Waals surface area contributed by atoms with Crippen molar-refractivity contribution < 1.29 is 22.8 Å². The van der Waals surface area contributed by atoms with Gasteiger partial charge in [-0.15, -0.1) is 5.10 Å². The Morgan fingerprint density at radius 1 is 0.863 bits per heavy atom. The SMILES string of the molecule is Cc1cc(C)cc(C(=O)N(C)[C@@H](Cc2ccc(-c3csnn3)cc2)C(=O)N([C@@H](Cc2c[nH]c3ccccc23)C(N)=O)S(=O)(=O)c2ccccc2)c1. The van der Waals surface area contributed by atoms with E-state index in [0.717, 1.165) is 27.6 Å². The number of likely N-dealkylation sites (N-methyl/N-ethyl adjacent to an activating group) is 1. The summed E-state index contributed by atoms with van der Waals surface area (Å²) in [4.78, 5) is 46.8. The summed E-state index contributed by atoms with van der Waals surface area (Å²) in [5, 5.41) is 6.67. The van der Waals surface area contributed by atoms with Crippen LogP contribution in [0.5, 0.6) is 0 Å². The molecule has 0 radical (unpaired) electrons. The summed E-state index contributed by atoms with van der Waals surface area (Å²) in [6.07, 6.45) is 1.40. The predicted octanol–water partition coefficient (Wildman–Crippen LogP) is 5.30. The molecule has 0 spiro atoms. The van der Waals surface area contributed by atoms with E-state index in [1.807, 2.05) is 61.7 Å². The van der Waals surface area contributed by atoms with E-state index < -0.39 is 39.8 Å². The smallest absolute Gasteiger partial charge is 0.267 e. The number of benzene rings is 4. The molecule has 0 fully saturated rings. The molecule has 0 aliphatic carbocycles. The van der Waals surface area contributed by atoms with Crippen LogP contribution in [0.4, 0.5) is 0 Å². The van der Waals surface area contributed by atoms with E-state index in [-0.39, 0.29) is 17.7 Å². The van der Waals surface area contributed by atoms with Crippen molar-refractivity contribution >= 4 is 50.2 Å². The van der Waals surface area contributed by atoms with Gasteiger partial charge in [-0.2, -0.15) is 0 Å². The normalized spacial score (nSPS) is 12.7. The fraction of sp³-hybridized carbons (Fsp3) is 0.184. The quantitative estimate of drug-likeness (QED) is 0.174. The van der Waals surface area contributed by atoms with Crippen LogP contribution in [0.3, 0.4) is 0 Å². The van der Waals surface area contributed by atoms with Crippen molar-refractivity contribution in [1.29, 1.82) is 0 Å². The maximum Gasteiger partial charge on any atom is 0.267 e. The Hall–Kier alpha value is -5.66. The zero-order valence-corrected chi connectivity index (χ0v) is 29.8. The number of amides is 3. The number of rotatable bonds is 12. The molecule has 3 amide bonds. The summed E-state index contributed by atoms with van der Waals surface area (Å²) in [7, 11) is -3.23. The lowest BCUT2D eigenvalue weighted by atomic mass is 9.99. The van der Waals surface area contributed by atoms with E-state index in [0.29, 0.717) is 26.7 Å². The van der Waals surface area contributed by atoms with Crippen LogP contribution >= 0.6 is 11.5 Å². The van der Waals surface area contributed by atoms with Gasteiger partial charge < -0.3 is 15.6 Å². The highest BCUT2D eigenvalue weighted by molar-refractivity contribution is 7.89. The maximum atomic E-state index is 15.1. The fourth-order valence-corrected chi connectivity index (χ4v) is 8.32. The number of primary amides is 1. The molecule has 0 aliphatic heterocycles. The molecular weight excluding hydrogens is 685 g/mol. The van der Waals surface area contributed by atoms with E-state index in [9.17, 15) is 18.0 Å². The number of aromatic amines is 1. The lowest BCUT2D eigenvalue weighted by molar-refractivity contribution is -0.137. The van der Waals surface area contributed by atoms with Crippen LogP contribution in [0.1, 0.15) is 32.6 Å². The van der Waals surface area contributed by atoms with Gasteiger partial charge >= 0.3 is 0 Å². The molecule has 0 saturated heterocycles. The van der Waals surface area contributed by atoms with Gasteiger partial charge in [-0.1, -0.05) is 82.3 Å². The first-order valence-corrected chi connectivity index (χ1v) is 18.4. The highest BCUT2D eigenvalue weighted by Gasteiger charge is 2.44. The van der Waals surface area contributed by atoms with Gasteiger partial charge in [0, 0.05) is 53.5 Å². The van der Waals surface area contributed by atoms with Gasteiger partial charge in [-0.05, 0) is 66.8 Å². The van der Waals surface area contributed by atoms with E-state index in [4.69, 9.17) is 5.73 Å². The molecule has 0 aliphatic rings. The minimum absolute atomic E-state index is 0.0686. The van der Waals surface area contributed by atoms with Crippen molar-refractivity contribution in [2.45, 2.75) is 43.7 Å². The molecule has 13 heteroatoms. The monoisotopic (exact) mass is 720 g/mol. The third-order valence-electron chi connectivity index (χ3n) is 8.80. The Kier molecular flexibility index (Phi) is 10.1. The Balaban J connectivity index is 1.47. The Morgan fingerprint density at radius 2 is 1.53 bits per heavy atom. The van der Waals surface area contributed by atoms with Crippen LogP contribution in [-0.2, 0) is 32.5 Å². The van der Waals surface area contributed by atoms with Crippen LogP contribution in [0.2, 0.25) is 0 Å². The van der Waals surface area contributed by atoms with Crippen LogP contribution in [0.15, 0.2) is 114 Å². The summed E-state index contributed by atoms with van der Waals surface area (Å²) in [6.45, 7) is 3.73. The van der Waals surface area contributed by atoms with Gasteiger partial charge in [-0.3, -0.25) is 14.4 Å². The van der Waals surface area contributed by atoms with Crippen LogP contribution < -0.4 is 5.73 Å². The first-order chi connectivity index (χ1) is 24.4. The minimum atomic E-state index is -4.69. The molecule has 0 unspecified atom stereocenters. The lowest BCUT2D eigenvalue weighted by Crippen LogP contribution is -2.58. The largest absolute Gasteiger partial charge is 0.368 e. The molecule has 2 aromatic heterocycles. The number of para-hydroxylation sites is 1. The van der Waals surface area contributed by atoms with E-state index in [2.05, 4.69) is 14.6 Å². The number of fused-ring (bicyclic) bond motifs is 1. The summed E-state index contributed by atoms with van der Waals surface area (Å²) >= 11 is 1.22. The van der Waals surface area contributed by atoms with Crippen LogP contribution in [0, 0.1) is 13.8 Å². The summed E-state index contributed by atoms with van der Waals surface area (Å²) in [6, 6.07) is 24.3. The van der Waals surface area contributed by atoms with Crippen molar-refractivity contribution in [3.8, 4) is 11.3 Å². The highest BCUT2D eigenvalue weighted by Crippen LogP contribution is 2.28. The Bertz CT molecular complexity index is 2290. The molecule has 6 rings (SSSR count). The van der Waals surface area contributed by atoms with Gasteiger partial charge in [0.2, 0.25) is 5.91 Å². The molecule has 0 bridgehead atoms. The van der Waals surface area contributed by atoms with Crippen molar-refractivity contribution in [2.24, 2.45) is 5.73 Å². The highest BCUT2D eigenvalue weighted by atomic mass is 32.2. The summed E-state index contributed by atoms with van der Waals surface area (Å²) in [5.74, 6) is -2.48. The van der Waals surface area contributed by atoms with Crippen LogP contribution in [-0.4, -0.2) is 69.0 Å². The second-order valence-corrected chi connectivity index (χ2v) is 14.9. The number of aromatic nitrogens is 3. The number of nitrogens with zero attached hydrogens (tertiary/aromatic N) is 4. The van der Waals surface area contributed by atoms with Gasteiger partial charge in [0.1, 0.15) is 17.8 Å². The molecule has 4 aromatic carbocycles. The van der Waals surface area contributed by atoms with E-state index in [1.165, 1.54) is 47.7 Å². The molecule has 6 aromatic rings. The Morgan fingerprint density at radius 3 is 2.18 bits per heavy atom. The molecule has 2 atom stereocenters. The van der Waals surface area contributed by atoms with Gasteiger partial charge in [0.05, 0.1) is 4.90 Å². The van der Waals surface area contributed by atoms with Crippen molar-refractivity contribution in [3.63, 3.8) is 0 Å². The average molecular weight is 721 g/mol. The number of sulfonamides is 1. The minimum Gasteiger partial charge on any atom is -0.368 e. The zero-order valence-electron chi connectivity index (χ0n) is 28.2. The van der Waals surface area contributed by atoms with Crippen molar-refractivity contribution in [3.05, 3.63) is 136 Å². The number of H-pyrrole nitrogens is 1. The molecule has 3 N–H and O–H groups in total. The van der Waals surface area contributed by atoms with Crippen molar-refractivity contribution in [2.75, 3.05) is 7.05 Å². The molecule has 260 valence electrons. The number of nitrogens with two attached hydrogens (primary N) is 1. The standard InChI is InChI=1S/C38H36N6O5S2/c1-24-17-25(2)19-28(18-24)37(46)43(3)35(20-26-13-15-27(16-14-26)33-23-50-42-41-33)38(47)44(51(48,49)30-9-5-4-6-10-30)34(36(39)45)21-29-22-40-32-12-8-7-11-31(29)32/h4-19,22-23,34-35,40H,20-21H2,1-3H3,(H2,39,45)/t34-,35-/m0/s1. The third kappa shape index (κ3) is 7.44. The number of carbonyl (C=O) groups excluding carboxylic acids is 3. The third-order valence-corrected chi connectivity index (χ3v) is 11.1. The van der Waals surface area contributed by atoms with Gasteiger partial charge in [0.15, 0.2) is 0 Å². The van der Waals surface area contributed by atoms with Crippen molar-refractivity contribution in [1.82, 2.24) is 23.8 Å². The van der Waals surface area contributed by atoms with E-state index >= 15 is 4.79 Å². The maximum absolute atomic E-state index is 15.1. The number of hydrogen-bond donors (Lipinski definition) is 2.